The van der Waals surface area contributed by atoms with Crippen molar-refractivity contribution in [1.29, 1.82) is 0 Å². The summed E-state index contributed by atoms with van der Waals surface area (Å²) >= 11 is 3.58. The van der Waals surface area contributed by atoms with Gasteiger partial charge in [-0.05, 0) is 108 Å². The van der Waals surface area contributed by atoms with Crippen LogP contribution in [0.15, 0.2) is 101 Å². The lowest BCUT2D eigenvalue weighted by Crippen LogP contribution is -2.33. The Labute approximate surface area is 262 Å². The molecule has 0 aromatic heterocycles. The molecule has 1 aliphatic rings. The number of carbonyl (C=O) groups is 1. The van der Waals surface area contributed by atoms with Crippen molar-refractivity contribution < 1.29 is 14.3 Å². The van der Waals surface area contributed by atoms with Gasteiger partial charge in [-0.2, -0.15) is 5.10 Å². The highest BCUT2D eigenvalue weighted by molar-refractivity contribution is 9.10. The van der Waals surface area contributed by atoms with Crippen molar-refractivity contribution in [2.24, 2.45) is 11.0 Å². The van der Waals surface area contributed by atoms with E-state index in [1.165, 1.54) is 36.0 Å². The maximum Gasteiger partial charge on any atom is 0.271 e. The minimum atomic E-state index is -0.256. The molecule has 0 bridgehead atoms. The molecule has 1 aliphatic heterocycles. The van der Waals surface area contributed by atoms with Gasteiger partial charge in [0.15, 0.2) is 11.5 Å². The summed E-state index contributed by atoms with van der Waals surface area (Å²) < 4.78 is 12.3. The van der Waals surface area contributed by atoms with Gasteiger partial charge in [0.2, 0.25) is 0 Å². The molecule has 222 valence electrons. The number of hydrogen-bond acceptors (Lipinski definition) is 5. The number of hydrazone groups is 1. The van der Waals surface area contributed by atoms with E-state index in [9.17, 15) is 4.79 Å². The van der Waals surface area contributed by atoms with Gasteiger partial charge in [0.05, 0.1) is 17.8 Å². The molecular weight excluding hydrogens is 602 g/mol. The number of carbonyl (C=O) groups excluding carboxylic acids is 1. The van der Waals surface area contributed by atoms with E-state index in [-0.39, 0.29) is 5.91 Å². The highest BCUT2D eigenvalue weighted by Crippen LogP contribution is 2.37. The van der Waals surface area contributed by atoms with E-state index in [1.807, 2.05) is 48.5 Å². The van der Waals surface area contributed by atoms with Gasteiger partial charge in [-0.15, -0.1) is 0 Å². The molecule has 5 rings (SSSR count). The number of amides is 1. The average molecular weight is 641 g/mol. The molecule has 0 unspecified atom stereocenters. The average Bonchev–Trinajstić information content (AvgIpc) is 3.03. The van der Waals surface area contributed by atoms with Crippen LogP contribution in [0.2, 0.25) is 0 Å². The molecule has 0 radical (unpaired) electrons. The first-order valence-corrected chi connectivity index (χ1v) is 15.5. The third-order valence-corrected chi connectivity index (χ3v) is 8.42. The highest BCUT2D eigenvalue weighted by Gasteiger charge is 2.19. The van der Waals surface area contributed by atoms with Crippen molar-refractivity contribution >= 4 is 28.1 Å². The van der Waals surface area contributed by atoms with Gasteiger partial charge in [0.25, 0.3) is 5.91 Å². The second-order valence-corrected chi connectivity index (χ2v) is 12.0. The Kier molecular flexibility index (Phi) is 10.6. The van der Waals surface area contributed by atoms with Crippen LogP contribution in [0, 0.1) is 12.8 Å². The topological polar surface area (TPSA) is 63.2 Å². The Balaban J connectivity index is 1.09. The number of rotatable bonds is 11. The fraction of sp³-hybridized carbons (Fsp3) is 0.278. The zero-order chi connectivity index (χ0) is 30.0. The van der Waals surface area contributed by atoms with Crippen molar-refractivity contribution in [1.82, 2.24) is 10.3 Å². The highest BCUT2D eigenvalue weighted by atomic mass is 79.9. The predicted molar refractivity (Wildman–Crippen MR) is 176 cm³/mol. The number of aryl methyl sites for hydroxylation is 1. The van der Waals surface area contributed by atoms with E-state index in [4.69, 9.17) is 9.47 Å². The summed E-state index contributed by atoms with van der Waals surface area (Å²) in [6.45, 7) is 5.59. The van der Waals surface area contributed by atoms with Gasteiger partial charge in [0, 0.05) is 12.1 Å². The van der Waals surface area contributed by atoms with E-state index >= 15 is 0 Å². The third kappa shape index (κ3) is 8.78. The largest absolute Gasteiger partial charge is 0.493 e. The van der Waals surface area contributed by atoms with Crippen LogP contribution in [0.5, 0.6) is 11.5 Å². The summed E-state index contributed by atoms with van der Waals surface area (Å²) in [5, 5.41) is 4.17. The van der Waals surface area contributed by atoms with Gasteiger partial charge in [0.1, 0.15) is 6.61 Å². The summed E-state index contributed by atoms with van der Waals surface area (Å²) in [5.74, 6) is 1.68. The molecule has 4 aromatic rings. The second-order valence-electron chi connectivity index (χ2n) is 11.1. The number of ether oxygens (including phenoxy) is 2. The lowest BCUT2D eigenvalue weighted by Gasteiger charge is -2.32. The quantitative estimate of drug-likeness (QED) is 0.136. The Morgan fingerprint density at radius 2 is 1.65 bits per heavy atom. The van der Waals surface area contributed by atoms with Crippen LogP contribution in [-0.2, 0) is 19.6 Å². The van der Waals surface area contributed by atoms with Crippen LogP contribution in [0.3, 0.4) is 0 Å². The van der Waals surface area contributed by atoms with E-state index in [0.29, 0.717) is 23.7 Å². The fourth-order valence-electron chi connectivity index (χ4n) is 5.34. The number of likely N-dealkylation sites (tertiary alicyclic amines) is 1. The number of nitrogens with zero attached hydrogens (tertiary/aromatic N) is 2. The van der Waals surface area contributed by atoms with Crippen molar-refractivity contribution in [3.05, 3.63) is 129 Å². The van der Waals surface area contributed by atoms with Crippen LogP contribution in [-0.4, -0.2) is 37.2 Å². The normalized spacial score (nSPS) is 14.1. The van der Waals surface area contributed by atoms with E-state index in [1.54, 1.807) is 13.3 Å². The molecule has 1 amide bonds. The summed E-state index contributed by atoms with van der Waals surface area (Å²) in [4.78, 5) is 15.2. The van der Waals surface area contributed by atoms with Gasteiger partial charge >= 0.3 is 0 Å². The van der Waals surface area contributed by atoms with Gasteiger partial charge < -0.3 is 9.47 Å². The maximum absolute atomic E-state index is 12.7. The fourth-order valence-corrected chi connectivity index (χ4v) is 5.91. The van der Waals surface area contributed by atoms with E-state index in [2.05, 4.69) is 80.7 Å². The molecule has 0 spiro atoms. The maximum atomic E-state index is 12.7. The number of piperidine rings is 1. The van der Waals surface area contributed by atoms with Gasteiger partial charge in [-0.25, -0.2) is 5.43 Å². The Hall–Kier alpha value is -3.94. The molecule has 1 fully saturated rings. The van der Waals surface area contributed by atoms with Crippen molar-refractivity contribution in [2.75, 3.05) is 20.2 Å². The minimum absolute atomic E-state index is 0.256. The van der Waals surface area contributed by atoms with Gasteiger partial charge in [-0.1, -0.05) is 72.3 Å². The van der Waals surface area contributed by atoms with E-state index in [0.717, 1.165) is 41.2 Å². The molecule has 4 aromatic carbocycles. The number of methoxy groups -OCH3 is 1. The van der Waals surface area contributed by atoms with Crippen molar-refractivity contribution in [3.63, 3.8) is 0 Å². The summed E-state index contributed by atoms with van der Waals surface area (Å²) in [5.41, 5.74) is 8.88. The van der Waals surface area contributed by atoms with Crippen LogP contribution >= 0.6 is 15.9 Å². The molecule has 1 N–H and O–H groups in total. The first kappa shape index (κ1) is 30.5. The standard InChI is InChI=1S/C36H38BrN3O3/c1-26-8-10-30(11-9-26)25-43-35-33(37)21-31(22-34(35)42-2)23-38-39-36(41)32-14-12-29(13-15-32)24-40-18-16-28(17-19-40)20-27-6-4-3-5-7-27/h3-15,21-23,28H,16-20,24-25H2,1-2H3,(H,39,41)/b38-23-. The zero-order valence-electron chi connectivity index (χ0n) is 24.8. The van der Waals surface area contributed by atoms with Gasteiger partial charge in [-0.3, -0.25) is 9.69 Å². The summed E-state index contributed by atoms with van der Waals surface area (Å²) in [6, 6.07) is 30.5. The lowest BCUT2D eigenvalue weighted by molar-refractivity contribution is 0.0955. The summed E-state index contributed by atoms with van der Waals surface area (Å²) in [7, 11) is 1.60. The van der Waals surface area contributed by atoms with E-state index < -0.39 is 0 Å². The Morgan fingerprint density at radius 3 is 2.35 bits per heavy atom. The van der Waals surface area contributed by atoms with Crippen LogP contribution in [0.4, 0.5) is 0 Å². The zero-order valence-corrected chi connectivity index (χ0v) is 26.3. The van der Waals surface area contributed by atoms with Crippen LogP contribution in [0.25, 0.3) is 0 Å². The molecular formula is C36H38BrN3O3. The molecule has 1 heterocycles. The molecule has 0 saturated carbocycles. The first-order valence-electron chi connectivity index (χ1n) is 14.7. The smallest absolute Gasteiger partial charge is 0.271 e. The monoisotopic (exact) mass is 639 g/mol. The molecule has 7 heteroatoms. The first-order chi connectivity index (χ1) is 21.0. The third-order valence-electron chi connectivity index (χ3n) is 7.83. The Bertz CT molecular complexity index is 1510. The Morgan fingerprint density at radius 1 is 0.953 bits per heavy atom. The van der Waals surface area contributed by atoms with Crippen LogP contribution in [0.1, 0.15) is 51.0 Å². The molecule has 6 nitrogen and oxygen atoms in total. The number of hydrogen-bond donors (Lipinski definition) is 1. The summed E-state index contributed by atoms with van der Waals surface area (Å²) in [6.07, 6.45) is 5.20. The number of nitrogens with one attached hydrogen (secondary N) is 1. The number of benzene rings is 4. The molecule has 1 saturated heterocycles. The van der Waals surface area contributed by atoms with Crippen molar-refractivity contribution in [2.45, 2.75) is 39.3 Å². The van der Waals surface area contributed by atoms with Crippen LogP contribution < -0.4 is 14.9 Å². The SMILES string of the molecule is COc1cc(/C=N\NC(=O)c2ccc(CN3CCC(Cc4ccccc4)CC3)cc2)cc(Br)c1OCc1ccc(C)cc1. The minimum Gasteiger partial charge on any atom is -0.493 e. The lowest BCUT2D eigenvalue weighted by atomic mass is 9.90. The number of halogens is 1. The predicted octanol–water partition coefficient (Wildman–Crippen LogP) is 7.56. The second kappa shape index (κ2) is 15.0. The molecule has 0 atom stereocenters. The molecule has 0 aliphatic carbocycles. The molecule has 43 heavy (non-hydrogen) atoms. The van der Waals surface area contributed by atoms with Crippen molar-refractivity contribution in [3.8, 4) is 11.5 Å².